The number of halogens is 2. The molecule has 2 rings (SSSR count). The molecule has 19 heavy (non-hydrogen) atoms. The van der Waals surface area contributed by atoms with Gasteiger partial charge in [0.05, 0.1) is 11.4 Å². The number of nitrogen functional groups attached to an aromatic ring is 1. The number of carbonyl (C=O) groups excluding carboxylic acids is 1. The van der Waals surface area contributed by atoms with Crippen LogP contribution in [0.15, 0.2) is 36.4 Å². The van der Waals surface area contributed by atoms with E-state index < -0.39 is 11.7 Å². The summed E-state index contributed by atoms with van der Waals surface area (Å²) in [5.74, 6) is -0.870. The first-order chi connectivity index (χ1) is 8.97. The second kappa shape index (κ2) is 5.28. The molecule has 0 aliphatic heterocycles. The topological polar surface area (TPSA) is 55.1 Å². The highest BCUT2D eigenvalue weighted by Crippen LogP contribution is 2.23. The Kier molecular flexibility index (Phi) is 3.71. The summed E-state index contributed by atoms with van der Waals surface area (Å²) in [6, 6.07) is 8.81. The van der Waals surface area contributed by atoms with Crippen LogP contribution in [0.5, 0.6) is 0 Å². The number of hydrogen-bond acceptors (Lipinski definition) is 2. The van der Waals surface area contributed by atoms with Crippen molar-refractivity contribution >= 4 is 28.9 Å². The van der Waals surface area contributed by atoms with Gasteiger partial charge in [-0.3, -0.25) is 4.79 Å². The molecule has 0 fully saturated rings. The molecule has 5 heteroatoms. The van der Waals surface area contributed by atoms with Gasteiger partial charge in [-0.2, -0.15) is 0 Å². The van der Waals surface area contributed by atoms with Gasteiger partial charge in [-0.1, -0.05) is 17.7 Å². The smallest absolute Gasteiger partial charge is 0.256 e. The highest BCUT2D eigenvalue weighted by molar-refractivity contribution is 6.31. The average molecular weight is 279 g/mol. The van der Waals surface area contributed by atoms with Gasteiger partial charge in [0.1, 0.15) is 5.82 Å². The zero-order valence-electron chi connectivity index (χ0n) is 10.2. The average Bonchev–Trinajstić information content (AvgIpc) is 2.35. The molecule has 1 amide bonds. The van der Waals surface area contributed by atoms with E-state index in [2.05, 4.69) is 5.32 Å². The molecule has 3 nitrogen and oxygen atoms in total. The van der Waals surface area contributed by atoms with Gasteiger partial charge in [0, 0.05) is 10.6 Å². The lowest BCUT2D eigenvalue weighted by molar-refractivity contribution is 0.102. The number of aryl methyl sites for hydroxylation is 1. The maximum atomic E-state index is 13.2. The minimum Gasteiger partial charge on any atom is -0.397 e. The molecule has 0 aliphatic carbocycles. The molecule has 0 spiro atoms. The molecule has 0 bridgehead atoms. The molecule has 0 aromatic heterocycles. The molecule has 0 saturated carbocycles. The predicted octanol–water partition coefficient (Wildman–Crippen LogP) is 3.62. The zero-order valence-corrected chi connectivity index (χ0v) is 11.0. The van der Waals surface area contributed by atoms with Crippen molar-refractivity contribution in [3.63, 3.8) is 0 Å². The number of benzene rings is 2. The molecular weight excluding hydrogens is 267 g/mol. The summed E-state index contributed by atoms with van der Waals surface area (Å²) in [6.07, 6.45) is 0. The molecule has 0 aliphatic rings. The van der Waals surface area contributed by atoms with E-state index in [4.69, 9.17) is 17.3 Å². The molecule has 0 atom stereocenters. The van der Waals surface area contributed by atoms with Crippen molar-refractivity contribution in [1.82, 2.24) is 0 Å². The second-order valence-corrected chi connectivity index (χ2v) is 4.58. The van der Waals surface area contributed by atoms with Crippen molar-refractivity contribution < 1.29 is 9.18 Å². The first-order valence-corrected chi connectivity index (χ1v) is 5.97. The summed E-state index contributed by atoms with van der Waals surface area (Å²) in [6.45, 7) is 1.74. The Labute approximate surface area is 115 Å². The molecule has 2 aromatic carbocycles. The number of rotatable bonds is 2. The normalized spacial score (nSPS) is 10.3. The van der Waals surface area contributed by atoms with Crippen molar-refractivity contribution in [3.05, 3.63) is 58.4 Å². The Balaban J connectivity index is 2.28. The van der Waals surface area contributed by atoms with Crippen molar-refractivity contribution in [2.75, 3.05) is 11.1 Å². The van der Waals surface area contributed by atoms with Crippen LogP contribution in [0, 0.1) is 12.7 Å². The first kappa shape index (κ1) is 13.4. The van der Waals surface area contributed by atoms with Crippen molar-refractivity contribution in [2.45, 2.75) is 6.92 Å². The number of carbonyl (C=O) groups is 1. The Morgan fingerprint density at radius 1 is 1.26 bits per heavy atom. The molecular formula is C14H12ClFN2O. The number of nitrogens with one attached hydrogen (secondary N) is 1. The van der Waals surface area contributed by atoms with Crippen LogP contribution in [0.3, 0.4) is 0 Å². The fraction of sp³-hybridized carbons (Fsp3) is 0.0714. The Bertz CT molecular complexity index is 643. The third kappa shape index (κ3) is 3.03. The van der Waals surface area contributed by atoms with Crippen molar-refractivity contribution in [1.29, 1.82) is 0 Å². The highest BCUT2D eigenvalue weighted by Gasteiger charge is 2.11. The van der Waals surface area contributed by atoms with E-state index in [1.54, 1.807) is 25.1 Å². The summed E-state index contributed by atoms with van der Waals surface area (Å²) >= 11 is 5.77. The minimum atomic E-state index is -0.458. The van der Waals surface area contributed by atoms with Gasteiger partial charge >= 0.3 is 0 Å². The fourth-order valence-electron chi connectivity index (χ4n) is 1.68. The summed E-state index contributed by atoms with van der Waals surface area (Å²) in [4.78, 5) is 12.1. The van der Waals surface area contributed by atoms with Gasteiger partial charge in [0.15, 0.2) is 0 Å². The molecule has 0 radical (unpaired) electrons. The van der Waals surface area contributed by atoms with Gasteiger partial charge < -0.3 is 11.1 Å². The summed E-state index contributed by atoms with van der Waals surface area (Å²) in [5.41, 5.74) is 7.50. The van der Waals surface area contributed by atoms with E-state index in [-0.39, 0.29) is 5.56 Å². The Morgan fingerprint density at radius 3 is 2.68 bits per heavy atom. The van der Waals surface area contributed by atoms with Crippen LogP contribution in [-0.2, 0) is 0 Å². The lowest BCUT2D eigenvalue weighted by Crippen LogP contribution is -2.14. The van der Waals surface area contributed by atoms with E-state index in [9.17, 15) is 9.18 Å². The summed E-state index contributed by atoms with van der Waals surface area (Å²) < 4.78 is 13.2. The van der Waals surface area contributed by atoms with Gasteiger partial charge in [-0.05, 0) is 42.8 Å². The lowest BCUT2D eigenvalue weighted by atomic mass is 10.1. The molecule has 98 valence electrons. The monoisotopic (exact) mass is 278 g/mol. The number of amides is 1. The van der Waals surface area contributed by atoms with Crippen molar-refractivity contribution in [3.8, 4) is 0 Å². The summed E-state index contributed by atoms with van der Waals surface area (Å²) in [5, 5.41) is 3.12. The molecule has 2 aromatic rings. The second-order valence-electron chi connectivity index (χ2n) is 4.14. The molecule has 3 N–H and O–H groups in total. The molecule has 0 saturated heterocycles. The Hall–Kier alpha value is -2.07. The maximum absolute atomic E-state index is 13.2. The van der Waals surface area contributed by atoms with E-state index in [0.717, 1.165) is 0 Å². The van der Waals surface area contributed by atoms with Crippen LogP contribution in [0.4, 0.5) is 15.8 Å². The van der Waals surface area contributed by atoms with Crippen LogP contribution in [-0.4, -0.2) is 5.91 Å². The highest BCUT2D eigenvalue weighted by atomic mass is 35.5. The lowest BCUT2D eigenvalue weighted by Gasteiger charge is -2.10. The van der Waals surface area contributed by atoms with Gasteiger partial charge in [-0.15, -0.1) is 0 Å². The van der Waals surface area contributed by atoms with Crippen LogP contribution in [0.1, 0.15) is 15.9 Å². The van der Waals surface area contributed by atoms with E-state index in [1.807, 2.05) is 0 Å². The van der Waals surface area contributed by atoms with Gasteiger partial charge in [0.25, 0.3) is 5.91 Å². The largest absolute Gasteiger partial charge is 0.397 e. The molecule has 0 heterocycles. The van der Waals surface area contributed by atoms with E-state index in [1.165, 1.54) is 18.2 Å². The summed E-state index contributed by atoms with van der Waals surface area (Å²) in [7, 11) is 0. The molecule has 0 unspecified atom stereocenters. The predicted molar refractivity (Wildman–Crippen MR) is 75.0 cm³/mol. The maximum Gasteiger partial charge on any atom is 0.256 e. The number of hydrogen-bond donors (Lipinski definition) is 2. The quantitative estimate of drug-likeness (QED) is 0.824. The zero-order chi connectivity index (χ0) is 14.0. The van der Waals surface area contributed by atoms with Crippen LogP contribution in [0.25, 0.3) is 0 Å². The van der Waals surface area contributed by atoms with Crippen LogP contribution >= 0.6 is 11.6 Å². The van der Waals surface area contributed by atoms with Gasteiger partial charge in [-0.25, -0.2) is 4.39 Å². The fourth-order valence-corrected chi connectivity index (χ4v) is 1.86. The third-order valence-corrected chi connectivity index (χ3v) is 2.94. The number of nitrogens with two attached hydrogens (primary N) is 1. The van der Waals surface area contributed by atoms with E-state index >= 15 is 0 Å². The van der Waals surface area contributed by atoms with Crippen LogP contribution < -0.4 is 11.1 Å². The number of anilines is 2. The van der Waals surface area contributed by atoms with Gasteiger partial charge in [0.2, 0.25) is 0 Å². The van der Waals surface area contributed by atoms with E-state index in [0.29, 0.717) is 22.0 Å². The standard InChI is InChI=1S/C14H12ClFN2O/c1-8-2-4-10(16)7-11(8)14(19)18-13-5-3-9(15)6-12(13)17/h2-7H,17H2,1H3,(H,18,19). The Morgan fingerprint density at radius 2 is 2.00 bits per heavy atom. The van der Waals surface area contributed by atoms with Crippen LogP contribution in [0.2, 0.25) is 5.02 Å². The minimum absolute atomic E-state index is 0.273. The first-order valence-electron chi connectivity index (χ1n) is 5.60. The SMILES string of the molecule is Cc1ccc(F)cc1C(=O)Nc1ccc(Cl)cc1N. The van der Waals surface area contributed by atoms with Crippen molar-refractivity contribution in [2.24, 2.45) is 0 Å². The third-order valence-electron chi connectivity index (χ3n) is 2.71.